The van der Waals surface area contributed by atoms with Crippen LogP contribution in [-0.2, 0) is 9.53 Å². The number of nitrogens with zero attached hydrogens (tertiary/aromatic N) is 2. The van der Waals surface area contributed by atoms with Gasteiger partial charge in [0, 0.05) is 24.6 Å². The molecule has 1 aliphatic heterocycles. The van der Waals surface area contributed by atoms with E-state index in [4.69, 9.17) is 4.74 Å². The second kappa shape index (κ2) is 8.95. The Morgan fingerprint density at radius 3 is 2.71 bits per heavy atom. The normalized spacial score (nSPS) is 18.2. The maximum Gasteiger partial charge on any atom is 0.257 e. The van der Waals surface area contributed by atoms with Crippen molar-refractivity contribution in [2.24, 2.45) is 5.92 Å². The number of hydrogen-bond acceptors (Lipinski definition) is 5. The third-order valence-electron chi connectivity index (χ3n) is 4.59. The number of aliphatic hydroxyl groups excluding tert-OH is 1. The van der Waals surface area contributed by atoms with E-state index in [1.165, 1.54) is 6.20 Å². The quantitative estimate of drug-likeness (QED) is 0.798. The van der Waals surface area contributed by atoms with Gasteiger partial charge in [-0.3, -0.25) is 14.6 Å². The fraction of sp³-hybridized carbons (Fsp3) is 0.381. The number of nitrogens with one attached hydrogen (secondary N) is 1. The Labute approximate surface area is 164 Å². The highest BCUT2D eigenvalue weighted by Crippen LogP contribution is 2.26. The number of rotatable bonds is 6. The Kier molecular flexibility index (Phi) is 6.38. The number of ether oxygens (including phenoxy) is 1. The Balaban J connectivity index is 1.69. The lowest BCUT2D eigenvalue weighted by Gasteiger charge is -2.39. The highest BCUT2D eigenvalue weighted by molar-refractivity contribution is 6.04. The van der Waals surface area contributed by atoms with Crippen LogP contribution in [0.3, 0.4) is 0 Å². The van der Waals surface area contributed by atoms with Crippen molar-refractivity contribution in [2.75, 3.05) is 25.1 Å². The summed E-state index contributed by atoms with van der Waals surface area (Å²) in [6, 6.07) is 9.90. The molecule has 0 radical (unpaired) electrons. The van der Waals surface area contributed by atoms with Gasteiger partial charge in [-0.05, 0) is 35.7 Å². The van der Waals surface area contributed by atoms with E-state index in [-0.39, 0.29) is 18.4 Å². The van der Waals surface area contributed by atoms with E-state index in [1.54, 1.807) is 47.5 Å². The Bertz CT molecular complexity index is 808. The predicted octanol–water partition coefficient (Wildman–Crippen LogP) is 2.25. The zero-order valence-corrected chi connectivity index (χ0v) is 16.0. The van der Waals surface area contributed by atoms with Crippen molar-refractivity contribution in [1.82, 2.24) is 9.88 Å². The topological polar surface area (TPSA) is 91.8 Å². The summed E-state index contributed by atoms with van der Waals surface area (Å²) >= 11 is 0. The molecule has 1 fully saturated rings. The second-order valence-electron chi connectivity index (χ2n) is 7.29. The summed E-state index contributed by atoms with van der Waals surface area (Å²) in [6.45, 7) is 4.98. The van der Waals surface area contributed by atoms with Crippen molar-refractivity contribution in [2.45, 2.75) is 26.0 Å². The molecule has 2 heterocycles. The number of hydrogen-bond donors (Lipinski definition) is 2. The standard InChI is InChI=1S/C21H25N3O4/c1-14(2)11-24-18(12-28-13-19(24)25)20(26)15-5-7-17(8-6-15)23-21(27)16-4-3-9-22-10-16/h3-10,14,18,20,26H,11-13H2,1-2H3,(H,23,27). The van der Waals surface area contributed by atoms with Crippen LogP contribution in [0.1, 0.15) is 35.9 Å². The van der Waals surface area contributed by atoms with Gasteiger partial charge in [-0.25, -0.2) is 0 Å². The molecule has 1 aromatic heterocycles. The molecule has 2 amide bonds. The molecule has 3 rings (SSSR count). The average molecular weight is 383 g/mol. The highest BCUT2D eigenvalue weighted by atomic mass is 16.5. The monoisotopic (exact) mass is 383 g/mol. The lowest BCUT2D eigenvalue weighted by Crippen LogP contribution is -2.53. The van der Waals surface area contributed by atoms with Crippen LogP contribution in [-0.4, -0.2) is 52.6 Å². The van der Waals surface area contributed by atoms with Gasteiger partial charge in [0.05, 0.1) is 18.2 Å². The number of amides is 2. The number of carbonyl (C=O) groups is 2. The van der Waals surface area contributed by atoms with Gasteiger partial charge in [0.25, 0.3) is 5.91 Å². The van der Waals surface area contributed by atoms with Crippen molar-refractivity contribution in [3.63, 3.8) is 0 Å². The van der Waals surface area contributed by atoms with Crippen LogP contribution in [0, 0.1) is 5.92 Å². The van der Waals surface area contributed by atoms with Gasteiger partial charge in [-0.1, -0.05) is 26.0 Å². The smallest absolute Gasteiger partial charge is 0.257 e. The summed E-state index contributed by atoms with van der Waals surface area (Å²) in [6.07, 6.45) is 2.23. The lowest BCUT2D eigenvalue weighted by atomic mass is 9.99. The minimum Gasteiger partial charge on any atom is -0.386 e. The first-order chi connectivity index (χ1) is 13.5. The first-order valence-corrected chi connectivity index (χ1v) is 9.32. The van der Waals surface area contributed by atoms with E-state index in [9.17, 15) is 14.7 Å². The Hall–Kier alpha value is -2.77. The van der Waals surface area contributed by atoms with Crippen molar-refractivity contribution in [3.05, 3.63) is 59.9 Å². The van der Waals surface area contributed by atoms with Gasteiger partial charge >= 0.3 is 0 Å². The third-order valence-corrected chi connectivity index (χ3v) is 4.59. The molecule has 2 unspecified atom stereocenters. The predicted molar refractivity (Wildman–Crippen MR) is 105 cm³/mol. The summed E-state index contributed by atoms with van der Waals surface area (Å²) in [4.78, 5) is 30.1. The summed E-state index contributed by atoms with van der Waals surface area (Å²) in [7, 11) is 0. The maximum absolute atomic E-state index is 12.2. The number of aromatic nitrogens is 1. The van der Waals surface area contributed by atoms with Crippen molar-refractivity contribution < 1.29 is 19.4 Å². The molecule has 1 saturated heterocycles. The van der Waals surface area contributed by atoms with Gasteiger partial charge < -0.3 is 20.1 Å². The Morgan fingerprint density at radius 2 is 2.07 bits per heavy atom. The minimum atomic E-state index is -0.869. The zero-order valence-electron chi connectivity index (χ0n) is 16.0. The van der Waals surface area contributed by atoms with Crippen molar-refractivity contribution >= 4 is 17.5 Å². The number of benzene rings is 1. The van der Waals surface area contributed by atoms with Gasteiger partial charge in [-0.15, -0.1) is 0 Å². The molecule has 2 aromatic rings. The number of pyridine rings is 1. The number of carbonyl (C=O) groups excluding carboxylic acids is 2. The molecule has 148 valence electrons. The second-order valence-corrected chi connectivity index (χ2v) is 7.29. The van der Waals surface area contributed by atoms with Crippen LogP contribution in [0.4, 0.5) is 5.69 Å². The fourth-order valence-electron chi connectivity index (χ4n) is 3.20. The molecule has 0 spiro atoms. The summed E-state index contributed by atoms with van der Waals surface area (Å²) in [5.74, 6) is -0.0676. The molecule has 0 aliphatic carbocycles. The molecular formula is C21H25N3O4. The molecule has 2 atom stereocenters. The molecule has 0 bridgehead atoms. The lowest BCUT2D eigenvalue weighted by molar-refractivity contribution is -0.155. The van der Waals surface area contributed by atoms with E-state index >= 15 is 0 Å². The van der Waals surface area contributed by atoms with Crippen LogP contribution in [0.2, 0.25) is 0 Å². The summed E-state index contributed by atoms with van der Waals surface area (Å²) in [5.41, 5.74) is 1.74. The van der Waals surface area contributed by atoms with Crippen LogP contribution >= 0.6 is 0 Å². The van der Waals surface area contributed by atoms with Gasteiger partial charge in [-0.2, -0.15) is 0 Å². The Morgan fingerprint density at radius 1 is 1.32 bits per heavy atom. The number of aliphatic hydroxyl groups is 1. The molecular weight excluding hydrogens is 358 g/mol. The first-order valence-electron chi connectivity index (χ1n) is 9.32. The van der Waals surface area contributed by atoms with E-state index in [0.717, 1.165) is 0 Å². The van der Waals surface area contributed by atoms with E-state index in [1.807, 2.05) is 13.8 Å². The van der Waals surface area contributed by atoms with E-state index in [0.29, 0.717) is 35.9 Å². The van der Waals surface area contributed by atoms with Gasteiger partial charge in [0.15, 0.2) is 0 Å². The highest BCUT2D eigenvalue weighted by Gasteiger charge is 2.34. The van der Waals surface area contributed by atoms with Crippen LogP contribution in [0.15, 0.2) is 48.8 Å². The summed E-state index contributed by atoms with van der Waals surface area (Å²) < 4.78 is 5.36. The van der Waals surface area contributed by atoms with E-state index in [2.05, 4.69) is 10.3 Å². The maximum atomic E-state index is 12.2. The van der Waals surface area contributed by atoms with Crippen LogP contribution in [0.25, 0.3) is 0 Å². The first kappa shape index (κ1) is 20.0. The molecule has 0 saturated carbocycles. The minimum absolute atomic E-state index is 0.0508. The molecule has 1 aromatic carbocycles. The molecule has 7 heteroatoms. The van der Waals surface area contributed by atoms with E-state index < -0.39 is 12.1 Å². The van der Waals surface area contributed by atoms with Gasteiger partial charge in [0.1, 0.15) is 12.7 Å². The zero-order chi connectivity index (χ0) is 20.1. The van der Waals surface area contributed by atoms with Crippen molar-refractivity contribution in [3.8, 4) is 0 Å². The third kappa shape index (κ3) is 4.74. The van der Waals surface area contributed by atoms with Crippen LogP contribution < -0.4 is 5.32 Å². The molecule has 28 heavy (non-hydrogen) atoms. The molecule has 7 nitrogen and oxygen atoms in total. The molecule has 2 N–H and O–H groups in total. The number of morpholine rings is 1. The van der Waals surface area contributed by atoms with Gasteiger partial charge in [0.2, 0.25) is 5.91 Å². The molecule has 1 aliphatic rings. The SMILES string of the molecule is CC(C)CN1C(=O)COCC1C(O)c1ccc(NC(=O)c2cccnc2)cc1. The number of anilines is 1. The largest absolute Gasteiger partial charge is 0.386 e. The summed E-state index contributed by atoms with van der Waals surface area (Å²) in [5, 5.41) is 13.6. The van der Waals surface area contributed by atoms with Crippen molar-refractivity contribution in [1.29, 1.82) is 0 Å². The van der Waals surface area contributed by atoms with Crippen LogP contribution in [0.5, 0.6) is 0 Å². The average Bonchev–Trinajstić information content (AvgIpc) is 2.70. The fourth-order valence-corrected chi connectivity index (χ4v) is 3.20.